The standard InChI is InChI=1S/C31H46N4/c1-9-15-27(22-32-19-14-20-34(8)13-5)29-23-35(24-31(11-3,12-4)18-10-2)33-30(29)28-21-25(6)16-17-26(28)7/h10,14,16-17,19-23H,2,9,11-13,15,18,24H2,1,3-8H3/b20-14-,27-22-,32-19+. The van der Waals surface area contributed by atoms with Crippen LogP contribution >= 0.6 is 0 Å². The molecular weight excluding hydrogens is 428 g/mol. The highest BCUT2D eigenvalue weighted by Crippen LogP contribution is 2.36. The van der Waals surface area contributed by atoms with Gasteiger partial charge in [0.1, 0.15) is 5.69 Å². The highest BCUT2D eigenvalue weighted by molar-refractivity contribution is 5.81. The summed E-state index contributed by atoms with van der Waals surface area (Å²) in [5, 5.41) is 5.20. The molecule has 0 bridgehead atoms. The van der Waals surface area contributed by atoms with E-state index in [0.29, 0.717) is 0 Å². The first-order valence-corrected chi connectivity index (χ1v) is 13.2. The Morgan fingerprint density at radius 1 is 1.17 bits per heavy atom. The Balaban J connectivity index is 2.60. The van der Waals surface area contributed by atoms with E-state index in [2.05, 4.69) is 100 Å². The minimum Gasteiger partial charge on any atom is -0.381 e. The molecule has 0 spiro atoms. The monoisotopic (exact) mass is 474 g/mol. The van der Waals surface area contributed by atoms with Crippen molar-refractivity contribution in [3.05, 3.63) is 72.2 Å². The molecule has 0 fully saturated rings. The van der Waals surface area contributed by atoms with E-state index in [-0.39, 0.29) is 5.41 Å². The first-order chi connectivity index (χ1) is 16.8. The molecule has 0 N–H and O–H groups in total. The molecular formula is C31H46N4. The summed E-state index contributed by atoms with van der Waals surface area (Å²) in [5.74, 6) is 0. The molecule has 0 amide bonds. The molecule has 2 rings (SSSR count). The molecule has 0 aliphatic carbocycles. The van der Waals surface area contributed by atoms with Crippen molar-refractivity contribution in [1.82, 2.24) is 14.7 Å². The number of nitrogens with zero attached hydrogens (tertiary/aromatic N) is 4. The molecule has 190 valence electrons. The first-order valence-electron chi connectivity index (χ1n) is 13.2. The van der Waals surface area contributed by atoms with Gasteiger partial charge in [-0.3, -0.25) is 9.67 Å². The lowest BCUT2D eigenvalue weighted by molar-refractivity contribution is 0.212. The summed E-state index contributed by atoms with van der Waals surface area (Å²) in [6.45, 7) is 19.1. The van der Waals surface area contributed by atoms with Crippen LogP contribution in [-0.2, 0) is 6.54 Å². The van der Waals surface area contributed by atoms with Crippen molar-refractivity contribution in [3.8, 4) is 11.3 Å². The van der Waals surface area contributed by atoms with Gasteiger partial charge in [0.25, 0.3) is 0 Å². The van der Waals surface area contributed by atoms with Crippen molar-refractivity contribution < 1.29 is 0 Å². The maximum atomic E-state index is 5.20. The molecule has 0 radical (unpaired) electrons. The van der Waals surface area contributed by atoms with E-state index in [9.17, 15) is 0 Å². The number of hydrogen-bond acceptors (Lipinski definition) is 3. The van der Waals surface area contributed by atoms with Gasteiger partial charge < -0.3 is 4.90 Å². The lowest BCUT2D eigenvalue weighted by Crippen LogP contribution is -2.25. The van der Waals surface area contributed by atoms with E-state index < -0.39 is 0 Å². The van der Waals surface area contributed by atoms with Gasteiger partial charge in [-0.05, 0) is 75.1 Å². The van der Waals surface area contributed by atoms with Gasteiger partial charge in [-0.25, -0.2) is 0 Å². The largest absolute Gasteiger partial charge is 0.381 e. The molecule has 1 aromatic carbocycles. The van der Waals surface area contributed by atoms with Crippen LogP contribution in [0.4, 0.5) is 0 Å². The van der Waals surface area contributed by atoms with Crippen LogP contribution in [0, 0.1) is 19.3 Å². The van der Waals surface area contributed by atoms with Gasteiger partial charge in [0.05, 0.1) is 0 Å². The molecule has 0 saturated heterocycles. The van der Waals surface area contributed by atoms with Gasteiger partial charge >= 0.3 is 0 Å². The van der Waals surface area contributed by atoms with Crippen molar-refractivity contribution in [1.29, 1.82) is 0 Å². The minimum absolute atomic E-state index is 0.173. The quantitative estimate of drug-likeness (QED) is 0.204. The maximum Gasteiger partial charge on any atom is 0.100 e. The Kier molecular flexibility index (Phi) is 11.2. The summed E-state index contributed by atoms with van der Waals surface area (Å²) in [7, 11) is 2.06. The summed E-state index contributed by atoms with van der Waals surface area (Å²) in [6, 6.07) is 6.63. The van der Waals surface area contributed by atoms with Crippen molar-refractivity contribution >= 4 is 11.8 Å². The average molecular weight is 475 g/mol. The van der Waals surface area contributed by atoms with E-state index in [0.717, 1.165) is 50.9 Å². The van der Waals surface area contributed by atoms with Crippen LogP contribution in [0.25, 0.3) is 16.8 Å². The third-order valence-electron chi connectivity index (χ3n) is 7.09. The molecule has 0 atom stereocenters. The molecule has 0 aliphatic heterocycles. The second-order valence-electron chi connectivity index (χ2n) is 9.72. The van der Waals surface area contributed by atoms with Gasteiger partial charge in [-0.15, -0.1) is 6.58 Å². The fourth-order valence-electron chi connectivity index (χ4n) is 4.42. The van der Waals surface area contributed by atoms with Crippen LogP contribution in [0.15, 0.2) is 60.5 Å². The number of benzene rings is 1. The van der Waals surface area contributed by atoms with Crippen LogP contribution < -0.4 is 0 Å². The van der Waals surface area contributed by atoms with E-state index >= 15 is 0 Å². The lowest BCUT2D eigenvalue weighted by Gasteiger charge is -2.30. The smallest absolute Gasteiger partial charge is 0.100 e. The summed E-state index contributed by atoms with van der Waals surface area (Å²) in [4.78, 5) is 6.77. The molecule has 2 aromatic rings. The average Bonchev–Trinajstić information content (AvgIpc) is 3.27. The third kappa shape index (κ3) is 7.81. The zero-order valence-electron chi connectivity index (χ0n) is 23.1. The van der Waals surface area contributed by atoms with E-state index in [1.54, 1.807) is 0 Å². The molecule has 0 aliphatic rings. The predicted octanol–water partition coefficient (Wildman–Crippen LogP) is 8.23. The fourth-order valence-corrected chi connectivity index (χ4v) is 4.42. The van der Waals surface area contributed by atoms with Gasteiger partial charge in [0, 0.05) is 56.1 Å². The number of hydrogen-bond donors (Lipinski definition) is 0. The molecule has 1 heterocycles. The number of aryl methyl sites for hydroxylation is 2. The second-order valence-corrected chi connectivity index (χ2v) is 9.72. The van der Waals surface area contributed by atoms with E-state index in [1.807, 2.05) is 24.7 Å². The Labute approximate surface area is 214 Å². The zero-order valence-corrected chi connectivity index (χ0v) is 23.1. The van der Waals surface area contributed by atoms with Crippen molar-refractivity contribution in [2.24, 2.45) is 10.4 Å². The highest BCUT2D eigenvalue weighted by Gasteiger charge is 2.27. The van der Waals surface area contributed by atoms with Crippen molar-refractivity contribution in [3.63, 3.8) is 0 Å². The van der Waals surface area contributed by atoms with Gasteiger partial charge in [-0.2, -0.15) is 5.10 Å². The van der Waals surface area contributed by atoms with Crippen molar-refractivity contribution in [2.75, 3.05) is 13.6 Å². The second kappa shape index (κ2) is 13.9. The molecule has 4 heteroatoms. The number of rotatable bonds is 14. The van der Waals surface area contributed by atoms with Crippen LogP contribution in [0.3, 0.4) is 0 Å². The maximum absolute atomic E-state index is 5.20. The normalized spacial score (nSPS) is 12.7. The lowest BCUT2D eigenvalue weighted by atomic mass is 9.79. The van der Waals surface area contributed by atoms with Crippen LogP contribution in [0.1, 0.15) is 76.5 Å². The van der Waals surface area contributed by atoms with Crippen molar-refractivity contribution in [2.45, 2.75) is 80.2 Å². The molecule has 35 heavy (non-hydrogen) atoms. The highest BCUT2D eigenvalue weighted by atomic mass is 15.3. The van der Waals surface area contributed by atoms with Crippen LogP contribution in [0.2, 0.25) is 0 Å². The van der Waals surface area contributed by atoms with E-state index in [1.165, 1.54) is 27.8 Å². The topological polar surface area (TPSA) is 33.4 Å². The van der Waals surface area contributed by atoms with Gasteiger partial charge in [0.15, 0.2) is 0 Å². The van der Waals surface area contributed by atoms with Crippen LogP contribution in [-0.4, -0.2) is 34.5 Å². The molecule has 0 saturated carbocycles. The molecule has 0 unspecified atom stereocenters. The minimum atomic E-state index is 0.173. The molecule has 1 aromatic heterocycles. The Hall–Kier alpha value is -2.88. The fraction of sp³-hybridized carbons (Fsp3) is 0.484. The van der Waals surface area contributed by atoms with Gasteiger partial charge in [-0.1, -0.05) is 51.0 Å². The van der Waals surface area contributed by atoms with Gasteiger partial charge in [0.2, 0.25) is 0 Å². The Bertz CT molecular complexity index is 1030. The number of aliphatic imine (C=N–C) groups is 1. The number of aromatic nitrogens is 2. The first kappa shape index (κ1) is 28.4. The third-order valence-corrected chi connectivity index (χ3v) is 7.09. The van der Waals surface area contributed by atoms with E-state index in [4.69, 9.17) is 5.10 Å². The Morgan fingerprint density at radius 2 is 1.91 bits per heavy atom. The Morgan fingerprint density at radius 3 is 2.54 bits per heavy atom. The molecule has 4 nitrogen and oxygen atoms in total. The summed E-state index contributed by atoms with van der Waals surface area (Å²) < 4.78 is 2.17. The zero-order chi connectivity index (χ0) is 25.8. The number of allylic oxidation sites excluding steroid dienone is 3. The van der Waals surface area contributed by atoms with Crippen LogP contribution in [0.5, 0.6) is 0 Å². The SMILES string of the molecule is C=CCC(CC)(CC)Cn1cc(\C(=C/N=C/C=C\N(C)CC)CCC)c(-c2cc(C)ccc2C)n1. The summed E-state index contributed by atoms with van der Waals surface area (Å²) in [5.41, 5.74) is 7.34. The predicted molar refractivity (Wildman–Crippen MR) is 154 cm³/mol. The summed E-state index contributed by atoms with van der Waals surface area (Å²) >= 11 is 0. The summed E-state index contributed by atoms with van der Waals surface area (Å²) in [6.07, 6.45) is 17.4.